The van der Waals surface area contributed by atoms with Gasteiger partial charge in [-0.15, -0.1) is 0 Å². The number of imide groups is 1. The molecule has 0 saturated heterocycles. The lowest BCUT2D eigenvalue weighted by Crippen LogP contribution is -2.33. The van der Waals surface area contributed by atoms with E-state index in [9.17, 15) is 9.59 Å². The normalized spacial score (nSPS) is 17.8. The molecule has 1 N–H and O–H groups in total. The average molecular weight is 288 g/mol. The van der Waals surface area contributed by atoms with Crippen molar-refractivity contribution in [2.24, 2.45) is 0 Å². The maximum Gasteiger partial charge on any atom is 0.272 e. The van der Waals surface area contributed by atoms with E-state index in [0.29, 0.717) is 21.9 Å². The molecule has 2 aromatic carbocycles. The van der Waals surface area contributed by atoms with Gasteiger partial charge in [-0.2, -0.15) is 0 Å². The van der Waals surface area contributed by atoms with Crippen LogP contribution in [0.1, 0.15) is 22.0 Å². The Bertz CT molecular complexity index is 682. The van der Waals surface area contributed by atoms with Crippen molar-refractivity contribution in [3.05, 3.63) is 64.7 Å². The van der Waals surface area contributed by atoms with Gasteiger partial charge in [0.1, 0.15) is 5.75 Å². The third kappa shape index (κ3) is 2.26. The van der Waals surface area contributed by atoms with Gasteiger partial charge >= 0.3 is 0 Å². The molecule has 1 aliphatic rings. The van der Waals surface area contributed by atoms with Gasteiger partial charge in [-0.3, -0.25) is 14.9 Å². The Balaban J connectivity index is 2.03. The summed E-state index contributed by atoms with van der Waals surface area (Å²) in [5.74, 6) is -0.564. The highest BCUT2D eigenvalue weighted by Gasteiger charge is 2.30. The first-order valence-electron chi connectivity index (χ1n) is 6.01. The zero-order valence-electron chi connectivity index (χ0n) is 10.3. The summed E-state index contributed by atoms with van der Waals surface area (Å²) in [5, 5.41) is 2.89. The summed E-state index contributed by atoms with van der Waals surface area (Å²) in [6.07, 6.45) is -0.875. The summed E-state index contributed by atoms with van der Waals surface area (Å²) >= 11 is 5.83. The van der Waals surface area contributed by atoms with E-state index in [-0.39, 0.29) is 0 Å². The number of ether oxygens (including phenoxy) is 1. The highest BCUT2D eigenvalue weighted by Crippen LogP contribution is 2.28. The average Bonchev–Trinajstić information content (AvgIpc) is 2.57. The standard InChI is InChI=1S/C15H10ClNO3/c16-10-7-5-9(6-8-10)13-15(19)17-14(18)11-3-1-2-4-12(11)20-13/h1-8,13H,(H,17,18,19). The van der Waals surface area contributed by atoms with Crippen LogP contribution in [-0.2, 0) is 4.79 Å². The van der Waals surface area contributed by atoms with Crippen LogP contribution in [0.25, 0.3) is 0 Å². The topological polar surface area (TPSA) is 55.4 Å². The lowest BCUT2D eigenvalue weighted by Gasteiger charge is -2.15. The quantitative estimate of drug-likeness (QED) is 0.821. The third-order valence-electron chi connectivity index (χ3n) is 3.02. The van der Waals surface area contributed by atoms with Gasteiger partial charge in [0.15, 0.2) is 0 Å². The molecule has 1 unspecified atom stereocenters. The molecule has 5 heteroatoms. The number of hydrogen-bond donors (Lipinski definition) is 1. The largest absolute Gasteiger partial charge is 0.475 e. The summed E-state index contributed by atoms with van der Waals surface area (Å²) in [4.78, 5) is 24.0. The van der Waals surface area contributed by atoms with E-state index >= 15 is 0 Å². The number of benzene rings is 2. The molecular formula is C15H10ClNO3. The number of carbonyl (C=O) groups excluding carboxylic acids is 2. The maximum absolute atomic E-state index is 12.1. The third-order valence-corrected chi connectivity index (χ3v) is 3.28. The SMILES string of the molecule is O=C1NC(=O)C(c2ccc(Cl)cc2)Oc2ccccc21. The van der Waals surface area contributed by atoms with Gasteiger partial charge < -0.3 is 4.74 Å². The van der Waals surface area contributed by atoms with Crippen LogP contribution in [0.4, 0.5) is 0 Å². The van der Waals surface area contributed by atoms with Gasteiger partial charge in [0.25, 0.3) is 11.8 Å². The second kappa shape index (κ2) is 4.98. The van der Waals surface area contributed by atoms with E-state index in [2.05, 4.69) is 5.32 Å². The molecule has 0 fully saturated rings. The monoisotopic (exact) mass is 287 g/mol. The molecular weight excluding hydrogens is 278 g/mol. The van der Waals surface area contributed by atoms with E-state index in [1.165, 1.54) is 0 Å². The summed E-state index contributed by atoms with van der Waals surface area (Å²) < 4.78 is 5.69. The molecule has 0 radical (unpaired) electrons. The minimum atomic E-state index is -0.875. The first-order chi connectivity index (χ1) is 9.65. The van der Waals surface area contributed by atoms with Crippen molar-refractivity contribution in [3.63, 3.8) is 0 Å². The van der Waals surface area contributed by atoms with E-state index in [1.54, 1.807) is 48.5 Å². The smallest absolute Gasteiger partial charge is 0.272 e. The summed E-state index contributed by atoms with van der Waals surface area (Å²) in [5.41, 5.74) is 0.980. The second-order valence-corrected chi connectivity index (χ2v) is 4.80. The van der Waals surface area contributed by atoms with Crippen molar-refractivity contribution in [3.8, 4) is 5.75 Å². The molecule has 2 amide bonds. The van der Waals surface area contributed by atoms with Crippen LogP contribution in [0.2, 0.25) is 5.02 Å². The number of nitrogens with one attached hydrogen (secondary N) is 1. The van der Waals surface area contributed by atoms with Crippen LogP contribution in [0.5, 0.6) is 5.75 Å². The Morgan fingerprint density at radius 1 is 1.00 bits per heavy atom. The highest BCUT2D eigenvalue weighted by atomic mass is 35.5. The van der Waals surface area contributed by atoms with Crippen molar-refractivity contribution < 1.29 is 14.3 Å². The van der Waals surface area contributed by atoms with Gasteiger partial charge in [0.05, 0.1) is 5.56 Å². The Morgan fingerprint density at radius 3 is 2.45 bits per heavy atom. The number of halogens is 1. The molecule has 0 aliphatic carbocycles. The molecule has 20 heavy (non-hydrogen) atoms. The fourth-order valence-corrected chi connectivity index (χ4v) is 2.17. The van der Waals surface area contributed by atoms with Crippen molar-refractivity contribution in [2.45, 2.75) is 6.10 Å². The van der Waals surface area contributed by atoms with Crippen LogP contribution in [-0.4, -0.2) is 11.8 Å². The molecule has 0 bridgehead atoms. The number of hydrogen-bond acceptors (Lipinski definition) is 3. The van der Waals surface area contributed by atoms with Crippen LogP contribution >= 0.6 is 11.6 Å². The Labute approximate surface area is 120 Å². The van der Waals surface area contributed by atoms with Crippen LogP contribution < -0.4 is 10.1 Å². The molecule has 1 atom stereocenters. The molecule has 0 aromatic heterocycles. The lowest BCUT2D eigenvalue weighted by atomic mass is 10.1. The van der Waals surface area contributed by atoms with Crippen molar-refractivity contribution in [2.75, 3.05) is 0 Å². The number of carbonyl (C=O) groups is 2. The summed E-state index contributed by atoms with van der Waals surface area (Å²) in [6, 6.07) is 13.5. The minimum absolute atomic E-state index is 0.345. The van der Waals surface area contributed by atoms with Crippen molar-refractivity contribution in [1.82, 2.24) is 5.32 Å². The number of fused-ring (bicyclic) bond motifs is 1. The van der Waals surface area contributed by atoms with Gasteiger partial charge in [-0.25, -0.2) is 0 Å². The summed E-state index contributed by atoms with van der Waals surface area (Å²) in [6.45, 7) is 0. The summed E-state index contributed by atoms with van der Waals surface area (Å²) in [7, 11) is 0. The van der Waals surface area contributed by atoms with E-state index < -0.39 is 17.9 Å². The second-order valence-electron chi connectivity index (χ2n) is 4.36. The number of rotatable bonds is 1. The van der Waals surface area contributed by atoms with Gasteiger partial charge in [0.2, 0.25) is 6.10 Å². The van der Waals surface area contributed by atoms with Crippen LogP contribution in [0.15, 0.2) is 48.5 Å². The van der Waals surface area contributed by atoms with Crippen molar-refractivity contribution >= 4 is 23.4 Å². The Morgan fingerprint density at radius 2 is 1.70 bits per heavy atom. The fourth-order valence-electron chi connectivity index (χ4n) is 2.04. The first-order valence-corrected chi connectivity index (χ1v) is 6.39. The number of amides is 2. The molecule has 0 spiro atoms. The molecule has 1 heterocycles. The lowest BCUT2D eigenvalue weighted by molar-refractivity contribution is -0.126. The van der Waals surface area contributed by atoms with Crippen molar-refractivity contribution in [1.29, 1.82) is 0 Å². The highest BCUT2D eigenvalue weighted by molar-refractivity contribution is 6.30. The Hall–Kier alpha value is -2.33. The predicted octanol–water partition coefficient (Wildman–Crippen LogP) is 2.73. The minimum Gasteiger partial charge on any atom is -0.475 e. The van der Waals surface area contributed by atoms with Gasteiger partial charge in [-0.05, 0) is 24.3 Å². The zero-order valence-corrected chi connectivity index (χ0v) is 11.1. The van der Waals surface area contributed by atoms with E-state index in [0.717, 1.165) is 0 Å². The molecule has 3 rings (SSSR count). The molecule has 1 aliphatic heterocycles. The Kier molecular flexibility index (Phi) is 3.16. The van der Waals surface area contributed by atoms with Gasteiger partial charge in [-0.1, -0.05) is 35.9 Å². The zero-order chi connectivity index (χ0) is 14.1. The predicted molar refractivity (Wildman–Crippen MR) is 73.7 cm³/mol. The van der Waals surface area contributed by atoms with Gasteiger partial charge in [0, 0.05) is 10.6 Å². The maximum atomic E-state index is 12.1. The van der Waals surface area contributed by atoms with E-state index in [4.69, 9.17) is 16.3 Å². The first kappa shape index (κ1) is 12.7. The number of para-hydroxylation sites is 1. The van der Waals surface area contributed by atoms with E-state index in [1.807, 2.05) is 0 Å². The molecule has 0 saturated carbocycles. The fraction of sp³-hybridized carbons (Fsp3) is 0.0667. The van der Waals surface area contributed by atoms with Crippen LogP contribution in [0.3, 0.4) is 0 Å². The van der Waals surface area contributed by atoms with Crippen LogP contribution in [0, 0.1) is 0 Å². The molecule has 2 aromatic rings. The molecule has 100 valence electrons. The molecule has 4 nitrogen and oxygen atoms in total.